The second-order valence-corrected chi connectivity index (χ2v) is 4.69. The highest BCUT2D eigenvalue weighted by Crippen LogP contribution is 2.33. The molecule has 0 aromatic rings. The largest absolute Gasteiger partial charge is 0.288 e. The first-order valence-electron chi connectivity index (χ1n) is 3.04. The number of rotatable bonds is 3. The van der Waals surface area contributed by atoms with Gasteiger partial charge in [-0.1, -0.05) is 11.8 Å². The second kappa shape index (κ2) is 3.52. The average Bonchev–Trinajstić information content (AvgIpc) is 2.48. The standard InChI is InChI=1S/C6H10OS2/c1-5(7)8-3-2-6-4-9-6/h6H,2-4H2,1H3. The molecule has 1 aliphatic heterocycles. The average molecular weight is 162 g/mol. The van der Waals surface area contributed by atoms with E-state index in [-0.39, 0.29) is 5.12 Å². The maximum Gasteiger partial charge on any atom is 0.185 e. The quantitative estimate of drug-likeness (QED) is 0.589. The van der Waals surface area contributed by atoms with Crippen molar-refractivity contribution in [3.05, 3.63) is 0 Å². The maximum absolute atomic E-state index is 10.4. The summed E-state index contributed by atoms with van der Waals surface area (Å²) in [4.78, 5) is 10.4. The fraction of sp³-hybridized carbons (Fsp3) is 0.833. The van der Waals surface area contributed by atoms with Crippen molar-refractivity contribution in [1.29, 1.82) is 0 Å². The minimum absolute atomic E-state index is 0.251. The molecule has 0 aromatic heterocycles. The van der Waals surface area contributed by atoms with Crippen LogP contribution in [0.4, 0.5) is 0 Å². The molecule has 3 heteroatoms. The van der Waals surface area contributed by atoms with Crippen LogP contribution in [0.5, 0.6) is 0 Å². The smallest absolute Gasteiger partial charge is 0.185 e. The predicted octanol–water partition coefficient (Wildman–Crippen LogP) is 1.77. The van der Waals surface area contributed by atoms with Crippen molar-refractivity contribution >= 4 is 28.6 Å². The van der Waals surface area contributed by atoms with E-state index in [1.165, 1.54) is 23.9 Å². The third-order valence-corrected chi connectivity index (χ3v) is 3.03. The molecule has 9 heavy (non-hydrogen) atoms. The molecular formula is C6H10OS2. The second-order valence-electron chi connectivity index (χ2n) is 2.08. The van der Waals surface area contributed by atoms with Crippen LogP contribution in [-0.2, 0) is 4.79 Å². The van der Waals surface area contributed by atoms with Crippen molar-refractivity contribution in [3.8, 4) is 0 Å². The Bertz CT molecular complexity index is 110. The van der Waals surface area contributed by atoms with Gasteiger partial charge >= 0.3 is 0 Å². The number of hydrogen-bond donors (Lipinski definition) is 0. The normalized spacial score (nSPS) is 23.9. The number of carbonyl (C=O) groups is 1. The van der Waals surface area contributed by atoms with E-state index in [1.807, 2.05) is 11.8 Å². The molecule has 1 heterocycles. The monoisotopic (exact) mass is 162 g/mol. The van der Waals surface area contributed by atoms with E-state index < -0.39 is 0 Å². The lowest BCUT2D eigenvalue weighted by molar-refractivity contribution is -0.109. The molecule has 0 bridgehead atoms. The maximum atomic E-state index is 10.4. The van der Waals surface area contributed by atoms with Crippen LogP contribution in [0.25, 0.3) is 0 Å². The van der Waals surface area contributed by atoms with Crippen molar-refractivity contribution in [2.75, 3.05) is 11.5 Å². The minimum atomic E-state index is 0.251. The molecule has 0 amide bonds. The van der Waals surface area contributed by atoms with Gasteiger partial charge in [0.1, 0.15) is 0 Å². The Balaban J connectivity index is 1.86. The van der Waals surface area contributed by atoms with E-state index in [2.05, 4.69) is 0 Å². The summed E-state index contributed by atoms with van der Waals surface area (Å²) in [6, 6.07) is 0. The Morgan fingerprint density at radius 1 is 1.89 bits per heavy atom. The molecule has 0 N–H and O–H groups in total. The topological polar surface area (TPSA) is 17.1 Å². The fourth-order valence-corrected chi connectivity index (χ4v) is 2.00. The third-order valence-electron chi connectivity index (χ3n) is 1.15. The molecule has 0 spiro atoms. The first kappa shape index (κ1) is 7.48. The van der Waals surface area contributed by atoms with Gasteiger partial charge in [0.25, 0.3) is 0 Å². The van der Waals surface area contributed by atoms with Crippen LogP contribution in [0.15, 0.2) is 0 Å². The molecule has 52 valence electrons. The zero-order chi connectivity index (χ0) is 6.69. The first-order valence-corrected chi connectivity index (χ1v) is 5.07. The summed E-state index contributed by atoms with van der Waals surface area (Å²) in [7, 11) is 0. The van der Waals surface area contributed by atoms with Crippen LogP contribution in [0.1, 0.15) is 13.3 Å². The van der Waals surface area contributed by atoms with Crippen molar-refractivity contribution < 1.29 is 4.79 Å². The lowest BCUT2D eigenvalue weighted by Gasteiger charge is -1.91. The molecule has 0 aromatic carbocycles. The SMILES string of the molecule is CC(=O)SCCC1CS1. The van der Waals surface area contributed by atoms with Gasteiger partial charge in [-0.05, 0) is 6.42 Å². The summed E-state index contributed by atoms with van der Waals surface area (Å²) >= 11 is 3.44. The zero-order valence-electron chi connectivity index (χ0n) is 5.42. The Labute approximate surface area is 64.0 Å². The van der Waals surface area contributed by atoms with Gasteiger partial charge in [0.05, 0.1) is 0 Å². The van der Waals surface area contributed by atoms with Gasteiger partial charge in [0, 0.05) is 23.7 Å². The van der Waals surface area contributed by atoms with Crippen molar-refractivity contribution in [2.24, 2.45) is 0 Å². The molecule has 1 nitrogen and oxygen atoms in total. The van der Waals surface area contributed by atoms with Gasteiger partial charge in [-0.3, -0.25) is 4.79 Å². The molecule has 1 fully saturated rings. The van der Waals surface area contributed by atoms with Crippen LogP contribution in [0.3, 0.4) is 0 Å². The Morgan fingerprint density at radius 2 is 2.56 bits per heavy atom. The molecule has 1 aliphatic rings. The van der Waals surface area contributed by atoms with E-state index in [0.717, 1.165) is 11.0 Å². The summed E-state index contributed by atoms with van der Waals surface area (Å²) in [5, 5.41) is 1.14. The number of hydrogen-bond acceptors (Lipinski definition) is 3. The van der Waals surface area contributed by atoms with E-state index in [1.54, 1.807) is 6.92 Å². The Hall–Kier alpha value is 0.370. The van der Waals surface area contributed by atoms with Crippen molar-refractivity contribution in [2.45, 2.75) is 18.6 Å². The first-order chi connectivity index (χ1) is 4.29. The summed E-state index contributed by atoms with van der Waals surface area (Å²) in [6.45, 7) is 1.63. The van der Waals surface area contributed by atoms with Crippen molar-refractivity contribution in [1.82, 2.24) is 0 Å². The lowest BCUT2D eigenvalue weighted by atomic mass is 10.4. The number of thioether (sulfide) groups is 2. The van der Waals surface area contributed by atoms with Crippen LogP contribution in [-0.4, -0.2) is 21.9 Å². The van der Waals surface area contributed by atoms with Crippen LogP contribution < -0.4 is 0 Å². The number of carbonyl (C=O) groups excluding carboxylic acids is 1. The highest BCUT2D eigenvalue weighted by atomic mass is 32.2. The lowest BCUT2D eigenvalue weighted by Crippen LogP contribution is -1.89. The highest BCUT2D eigenvalue weighted by molar-refractivity contribution is 8.13. The van der Waals surface area contributed by atoms with E-state index in [9.17, 15) is 4.79 Å². The van der Waals surface area contributed by atoms with Gasteiger partial charge < -0.3 is 0 Å². The van der Waals surface area contributed by atoms with Crippen LogP contribution in [0, 0.1) is 0 Å². The van der Waals surface area contributed by atoms with Gasteiger partial charge in [-0.2, -0.15) is 11.8 Å². The molecule has 0 aliphatic carbocycles. The van der Waals surface area contributed by atoms with Crippen LogP contribution >= 0.6 is 23.5 Å². The van der Waals surface area contributed by atoms with E-state index in [0.29, 0.717) is 0 Å². The fourth-order valence-electron chi connectivity index (χ4n) is 0.569. The molecule has 1 saturated heterocycles. The summed E-state index contributed by atoms with van der Waals surface area (Å²) in [5.41, 5.74) is 0. The molecule has 1 unspecified atom stereocenters. The minimum Gasteiger partial charge on any atom is -0.288 e. The van der Waals surface area contributed by atoms with E-state index in [4.69, 9.17) is 0 Å². The summed E-state index contributed by atoms with van der Waals surface area (Å²) < 4.78 is 0. The summed E-state index contributed by atoms with van der Waals surface area (Å²) in [5.74, 6) is 2.34. The molecular weight excluding hydrogens is 152 g/mol. The van der Waals surface area contributed by atoms with Crippen LogP contribution in [0.2, 0.25) is 0 Å². The van der Waals surface area contributed by atoms with Crippen molar-refractivity contribution in [3.63, 3.8) is 0 Å². The van der Waals surface area contributed by atoms with E-state index >= 15 is 0 Å². The molecule has 1 atom stereocenters. The Kier molecular flexibility index (Phi) is 2.92. The molecule has 1 rings (SSSR count). The van der Waals surface area contributed by atoms with Gasteiger partial charge in [-0.15, -0.1) is 0 Å². The van der Waals surface area contributed by atoms with Gasteiger partial charge in [-0.25, -0.2) is 0 Å². The Morgan fingerprint density at radius 3 is 3.00 bits per heavy atom. The third kappa shape index (κ3) is 3.87. The zero-order valence-corrected chi connectivity index (χ0v) is 7.06. The highest BCUT2D eigenvalue weighted by Gasteiger charge is 2.21. The van der Waals surface area contributed by atoms with Gasteiger partial charge in [0.15, 0.2) is 5.12 Å². The molecule has 0 radical (unpaired) electrons. The summed E-state index contributed by atoms with van der Waals surface area (Å²) in [6.07, 6.45) is 1.22. The molecule has 0 saturated carbocycles. The predicted molar refractivity (Wildman–Crippen MR) is 44.0 cm³/mol. The van der Waals surface area contributed by atoms with Gasteiger partial charge in [0.2, 0.25) is 0 Å².